The smallest absolute Gasteiger partial charge is 0.220 e. The molecule has 0 aliphatic heterocycles. The number of hydrogen-bond donors (Lipinski definition) is 1. The van der Waals surface area contributed by atoms with Crippen molar-refractivity contribution in [3.63, 3.8) is 0 Å². The summed E-state index contributed by atoms with van der Waals surface area (Å²) >= 11 is 0. The van der Waals surface area contributed by atoms with Crippen molar-refractivity contribution in [2.45, 2.75) is 6.92 Å². The molecular weight excluding hydrogens is 242 g/mol. The molecule has 94 valence electrons. The van der Waals surface area contributed by atoms with Crippen LogP contribution in [0.25, 0.3) is 11.0 Å². The number of rotatable bonds is 2. The molecular formula is C13H11N5O. The van der Waals surface area contributed by atoms with E-state index in [1.807, 2.05) is 13.0 Å². The van der Waals surface area contributed by atoms with Gasteiger partial charge in [0.1, 0.15) is 11.8 Å². The Labute approximate surface area is 109 Å². The van der Waals surface area contributed by atoms with Crippen molar-refractivity contribution in [3.8, 4) is 11.6 Å². The van der Waals surface area contributed by atoms with E-state index in [-0.39, 0.29) is 0 Å². The van der Waals surface area contributed by atoms with Gasteiger partial charge in [-0.15, -0.1) is 0 Å². The first kappa shape index (κ1) is 11.3. The van der Waals surface area contributed by atoms with E-state index in [2.05, 4.69) is 19.9 Å². The molecule has 0 spiro atoms. The number of nitrogens with zero attached hydrogens (tertiary/aromatic N) is 4. The van der Waals surface area contributed by atoms with Crippen molar-refractivity contribution in [1.29, 1.82) is 0 Å². The van der Waals surface area contributed by atoms with Crippen molar-refractivity contribution in [1.82, 2.24) is 19.9 Å². The first-order valence-corrected chi connectivity index (χ1v) is 5.71. The van der Waals surface area contributed by atoms with Gasteiger partial charge in [0.05, 0.1) is 11.2 Å². The monoisotopic (exact) mass is 253 g/mol. The molecule has 2 N–H and O–H groups in total. The van der Waals surface area contributed by atoms with Crippen LogP contribution in [0.3, 0.4) is 0 Å². The molecule has 3 aromatic heterocycles. The summed E-state index contributed by atoms with van der Waals surface area (Å²) < 4.78 is 5.69. The zero-order valence-electron chi connectivity index (χ0n) is 10.2. The Morgan fingerprint density at radius 3 is 2.84 bits per heavy atom. The number of hydrogen-bond acceptors (Lipinski definition) is 6. The van der Waals surface area contributed by atoms with E-state index in [9.17, 15) is 0 Å². The SMILES string of the molecule is Cc1ncccc1Oc1ccc2ncnc(N)c2n1. The van der Waals surface area contributed by atoms with Gasteiger partial charge in [0.15, 0.2) is 11.6 Å². The van der Waals surface area contributed by atoms with E-state index in [1.54, 1.807) is 24.4 Å². The minimum absolute atomic E-state index is 0.332. The fraction of sp³-hybridized carbons (Fsp3) is 0.0769. The molecule has 0 radical (unpaired) electrons. The van der Waals surface area contributed by atoms with Crippen molar-refractivity contribution in [3.05, 3.63) is 42.5 Å². The predicted octanol–water partition coefficient (Wildman–Crippen LogP) is 2.10. The number of aryl methyl sites for hydroxylation is 1. The minimum Gasteiger partial charge on any atom is -0.437 e. The maximum absolute atomic E-state index is 5.77. The summed E-state index contributed by atoms with van der Waals surface area (Å²) in [5.41, 5.74) is 7.77. The standard InChI is InChI=1S/C13H11N5O/c1-8-10(3-2-6-15-8)19-11-5-4-9-12(18-11)13(14)17-7-16-9/h2-7H,1H3,(H2,14,16,17). The van der Waals surface area contributed by atoms with E-state index in [0.717, 1.165) is 5.69 Å². The second-order valence-electron chi connectivity index (χ2n) is 3.97. The summed E-state index contributed by atoms with van der Waals surface area (Å²) in [6.45, 7) is 1.87. The van der Waals surface area contributed by atoms with Crippen molar-refractivity contribution >= 4 is 16.9 Å². The van der Waals surface area contributed by atoms with Crippen LogP contribution in [0.15, 0.2) is 36.8 Å². The molecule has 0 aliphatic rings. The molecule has 0 aliphatic carbocycles. The summed E-state index contributed by atoms with van der Waals surface area (Å²) in [4.78, 5) is 16.5. The number of ether oxygens (including phenoxy) is 1. The van der Waals surface area contributed by atoms with Gasteiger partial charge in [-0.1, -0.05) is 0 Å². The number of nitrogens with two attached hydrogens (primary N) is 1. The zero-order chi connectivity index (χ0) is 13.2. The fourth-order valence-electron chi connectivity index (χ4n) is 1.69. The van der Waals surface area contributed by atoms with Crippen LogP contribution < -0.4 is 10.5 Å². The molecule has 19 heavy (non-hydrogen) atoms. The second kappa shape index (κ2) is 4.49. The minimum atomic E-state index is 0.332. The molecule has 0 unspecified atom stereocenters. The predicted molar refractivity (Wildman–Crippen MR) is 70.8 cm³/mol. The maximum Gasteiger partial charge on any atom is 0.220 e. The summed E-state index contributed by atoms with van der Waals surface area (Å²) in [5.74, 6) is 1.42. The highest BCUT2D eigenvalue weighted by molar-refractivity contribution is 5.83. The second-order valence-corrected chi connectivity index (χ2v) is 3.97. The number of nitrogen functional groups attached to an aromatic ring is 1. The molecule has 0 aromatic carbocycles. The fourth-order valence-corrected chi connectivity index (χ4v) is 1.69. The lowest BCUT2D eigenvalue weighted by molar-refractivity contribution is 0.458. The van der Waals surface area contributed by atoms with Gasteiger partial charge in [-0.25, -0.2) is 15.0 Å². The lowest BCUT2D eigenvalue weighted by atomic mass is 10.3. The molecule has 3 heterocycles. The number of pyridine rings is 2. The molecule has 0 saturated heterocycles. The van der Waals surface area contributed by atoms with Gasteiger partial charge in [0.2, 0.25) is 5.88 Å². The lowest BCUT2D eigenvalue weighted by Gasteiger charge is -2.07. The van der Waals surface area contributed by atoms with Crippen LogP contribution in [0, 0.1) is 6.92 Å². The highest BCUT2D eigenvalue weighted by Gasteiger charge is 2.06. The third-order valence-corrected chi connectivity index (χ3v) is 2.66. The molecule has 0 bridgehead atoms. The molecule has 0 amide bonds. The first-order valence-electron chi connectivity index (χ1n) is 5.71. The van der Waals surface area contributed by atoms with Crippen molar-refractivity contribution in [2.24, 2.45) is 0 Å². The summed E-state index contributed by atoms with van der Waals surface area (Å²) in [6, 6.07) is 7.17. The van der Waals surface area contributed by atoms with Crippen LogP contribution in [-0.4, -0.2) is 19.9 Å². The Bertz CT molecular complexity index is 744. The Balaban J connectivity index is 2.02. The van der Waals surface area contributed by atoms with E-state index in [1.165, 1.54) is 6.33 Å². The summed E-state index contributed by atoms with van der Waals surface area (Å²) in [5, 5.41) is 0. The highest BCUT2D eigenvalue weighted by Crippen LogP contribution is 2.24. The zero-order valence-corrected chi connectivity index (χ0v) is 10.2. The first-order chi connectivity index (χ1) is 9.24. The van der Waals surface area contributed by atoms with Crippen molar-refractivity contribution in [2.75, 3.05) is 5.73 Å². The van der Waals surface area contributed by atoms with E-state index in [4.69, 9.17) is 10.5 Å². The molecule has 0 atom stereocenters. The molecule has 0 fully saturated rings. The van der Waals surface area contributed by atoms with Gasteiger partial charge in [-0.2, -0.15) is 0 Å². The van der Waals surface area contributed by atoms with Crippen LogP contribution in [-0.2, 0) is 0 Å². The largest absolute Gasteiger partial charge is 0.437 e. The Kier molecular flexibility index (Phi) is 2.68. The number of aromatic nitrogens is 4. The third-order valence-electron chi connectivity index (χ3n) is 2.66. The van der Waals surface area contributed by atoms with Crippen molar-refractivity contribution < 1.29 is 4.74 Å². The molecule has 3 rings (SSSR count). The van der Waals surface area contributed by atoms with E-state index in [0.29, 0.717) is 28.5 Å². The maximum atomic E-state index is 5.77. The van der Waals surface area contributed by atoms with Crippen LogP contribution in [0.1, 0.15) is 5.69 Å². The molecule has 6 heteroatoms. The quantitative estimate of drug-likeness (QED) is 0.752. The highest BCUT2D eigenvalue weighted by atomic mass is 16.5. The average molecular weight is 253 g/mol. The van der Waals surface area contributed by atoms with E-state index >= 15 is 0 Å². The Morgan fingerprint density at radius 2 is 2.00 bits per heavy atom. The molecule has 6 nitrogen and oxygen atoms in total. The normalized spacial score (nSPS) is 10.6. The Hall–Kier alpha value is -2.76. The molecule has 3 aromatic rings. The van der Waals surface area contributed by atoms with Gasteiger partial charge < -0.3 is 10.5 Å². The average Bonchev–Trinajstić information content (AvgIpc) is 2.42. The van der Waals surface area contributed by atoms with Crippen LogP contribution >= 0.6 is 0 Å². The number of anilines is 1. The van der Waals surface area contributed by atoms with Gasteiger partial charge in [-0.05, 0) is 25.1 Å². The topological polar surface area (TPSA) is 86.8 Å². The Morgan fingerprint density at radius 1 is 1.11 bits per heavy atom. The van der Waals surface area contributed by atoms with Crippen LogP contribution in [0.4, 0.5) is 5.82 Å². The van der Waals surface area contributed by atoms with Gasteiger partial charge in [0.25, 0.3) is 0 Å². The van der Waals surface area contributed by atoms with E-state index < -0.39 is 0 Å². The summed E-state index contributed by atoms with van der Waals surface area (Å²) in [6.07, 6.45) is 3.12. The van der Waals surface area contributed by atoms with Crippen LogP contribution in [0.5, 0.6) is 11.6 Å². The summed E-state index contributed by atoms with van der Waals surface area (Å²) in [7, 11) is 0. The lowest BCUT2D eigenvalue weighted by Crippen LogP contribution is -1.97. The van der Waals surface area contributed by atoms with Gasteiger partial charge in [-0.3, -0.25) is 4.98 Å². The van der Waals surface area contributed by atoms with Gasteiger partial charge >= 0.3 is 0 Å². The van der Waals surface area contributed by atoms with Crippen LogP contribution in [0.2, 0.25) is 0 Å². The number of fused-ring (bicyclic) bond motifs is 1. The van der Waals surface area contributed by atoms with Gasteiger partial charge in [0, 0.05) is 12.3 Å². The third kappa shape index (κ3) is 2.15. The molecule has 0 saturated carbocycles.